The molecule has 2 N–H and O–H groups in total. The summed E-state index contributed by atoms with van der Waals surface area (Å²) in [6.07, 6.45) is 10.5. The molecule has 1 unspecified atom stereocenters. The Balaban J connectivity index is 1.94. The van der Waals surface area contributed by atoms with E-state index in [4.69, 9.17) is 5.73 Å². The van der Waals surface area contributed by atoms with Crippen LogP contribution in [0, 0.1) is 0 Å². The third-order valence-corrected chi connectivity index (χ3v) is 3.45. The van der Waals surface area contributed by atoms with Gasteiger partial charge in [0.2, 0.25) is 0 Å². The minimum atomic E-state index is 0.158. The number of nitrogens with two attached hydrogens (primary N) is 1. The van der Waals surface area contributed by atoms with E-state index in [2.05, 4.69) is 67.6 Å². The van der Waals surface area contributed by atoms with Crippen LogP contribution in [-0.4, -0.2) is 0 Å². The lowest BCUT2D eigenvalue weighted by Gasteiger charge is -2.10. The van der Waals surface area contributed by atoms with Crippen LogP contribution < -0.4 is 5.73 Å². The van der Waals surface area contributed by atoms with E-state index in [0.29, 0.717) is 0 Å². The van der Waals surface area contributed by atoms with Gasteiger partial charge >= 0.3 is 0 Å². The fourth-order valence-corrected chi connectivity index (χ4v) is 2.23. The van der Waals surface area contributed by atoms with Crippen LogP contribution in [0.15, 0.2) is 66.7 Å². The molecule has 21 heavy (non-hydrogen) atoms. The fraction of sp³-hybridized carbons (Fsp3) is 0.200. The Morgan fingerprint density at radius 2 is 1.43 bits per heavy atom. The zero-order valence-corrected chi connectivity index (χ0v) is 12.6. The Hall–Kier alpha value is -2.12. The molecule has 1 heteroatoms. The van der Waals surface area contributed by atoms with Crippen molar-refractivity contribution in [1.82, 2.24) is 0 Å². The third-order valence-electron chi connectivity index (χ3n) is 3.45. The molecule has 1 nitrogen and oxygen atoms in total. The van der Waals surface area contributed by atoms with Crippen molar-refractivity contribution in [1.29, 1.82) is 0 Å². The maximum atomic E-state index is 6.11. The molecule has 0 heterocycles. The van der Waals surface area contributed by atoms with Gasteiger partial charge in [0.05, 0.1) is 0 Å². The number of benzene rings is 2. The minimum absolute atomic E-state index is 0.158. The molecule has 0 radical (unpaired) electrons. The Labute approximate surface area is 127 Å². The first-order valence-electron chi connectivity index (χ1n) is 7.55. The summed E-state index contributed by atoms with van der Waals surface area (Å²) in [7, 11) is 0. The molecule has 0 bridgehead atoms. The molecule has 0 spiro atoms. The highest BCUT2D eigenvalue weighted by Crippen LogP contribution is 2.16. The van der Waals surface area contributed by atoms with Crippen molar-refractivity contribution in [2.24, 2.45) is 5.73 Å². The van der Waals surface area contributed by atoms with Crippen LogP contribution in [0.1, 0.15) is 42.5 Å². The van der Waals surface area contributed by atoms with Gasteiger partial charge in [0.1, 0.15) is 0 Å². The van der Waals surface area contributed by atoms with Gasteiger partial charge < -0.3 is 5.73 Å². The summed E-state index contributed by atoms with van der Waals surface area (Å²) in [5, 5.41) is 0. The van der Waals surface area contributed by atoms with Crippen molar-refractivity contribution < 1.29 is 0 Å². The summed E-state index contributed by atoms with van der Waals surface area (Å²) < 4.78 is 0. The number of hydrogen-bond donors (Lipinski definition) is 1. The quantitative estimate of drug-likeness (QED) is 0.720. The van der Waals surface area contributed by atoms with Gasteiger partial charge in [-0.1, -0.05) is 92.2 Å². The minimum Gasteiger partial charge on any atom is -0.324 e. The lowest BCUT2D eigenvalue weighted by molar-refractivity contribution is 0.638. The van der Waals surface area contributed by atoms with Crippen molar-refractivity contribution in [3.05, 3.63) is 83.4 Å². The van der Waals surface area contributed by atoms with Crippen molar-refractivity contribution in [3.63, 3.8) is 0 Å². The predicted octanol–water partition coefficient (Wildman–Crippen LogP) is 5.21. The molecule has 0 aliphatic carbocycles. The first-order chi connectivity index (χ1) is 10.3. The highest BCUT2D eigenvalue weighted by atomic mass is 14.6. The van der Waals surface area contributed by atoms with Crippen LogP contribution >= 0.6 is 0 Å². The molecule has 0 amide bonds. The fourth-order valence-electron chi connectivity index (χ4n) is 2.23. The molecule has 2 aromatic rings. The zero-order valence-electron chi connectivity index (χ0n) is 12.6. The molecule has 0 aromatic heterocycles. The molecule has 1 atom stereocenters. The Morgan fingerprint density at radius 3 is 2.00 bits per heavy atom. The van der Waals surface area contributed by atoms with Gasteiger partial charge in [-0.3, -0.25) is 0 Å². The molecular weight excluding hydrogens is 254 g/mol. The maximum absolute atomic E-state index is 6.11. The van der Waals surface area contributed by atoms with E-state index >= 15 is 0 Å². The third kappa shape index (κ3) is 5.05. The van der Waals surface area contributed by atoms with Gasteiger partial charge in [0.15, 0.2) is 0 Å². The number of allylic oxidation sites excluding steroid dienone is 2. The maximum Gasteiger partial charge on any atom is 0.0294 e. The molecule has 0 saturated heterocycles. The highest BCUT2D eigenvalue weighted by Gasteiger charge is 2.03. The molecular formula is C20H23N. The van der Waals surface area contributed by atoms with E-state index in [1.54, 1.807) is 0 Å². The smallest absolute Gasteiger partial charge is 0.0294 e. The zero-order chi connectivity index (χ0) is 14.9. The van der Waals surface area contributed by atoms with E-state index < -0.39 is 0 Å². The molecule has 0 aliphatic rings. The van der Waals surface area contributed by atoms with Crippen LogP contribution in [0.25, 0.3) is 12.2 Å². The van der Waals surface area contributed by atoms with Gasteiger partial charge in [-0.2, -0.15) is 0 Å². The van der Waals surface area contributed by atoms with Crippen molar-refractivity contribution in [2.45, 2.75) is 25.8 Å². The standard InChI is InChI=1S/C20H23N/c1-2-8-20(21)19-15-13-18(14-16-19)12-7-6-11-17-9-4-3-5-10-17/h3-7,9-16,20H,2,8,21H2,1H3/b11-6+,12-7+. The SMILES string of the molecule is CCCC(N)c1ccc(/C=C/C=C/c2ccccc2)cc1. The summed E-state index contributed by atoms with van der Waals surface area (Å²) in [4.78, 5) is 0. The summed E-state index contributed by atoms with van der Waals surface area (Å²) >= 11 is 0. The molecule has 0 fully saturated rings. The summed E-state index contributed by atoms with van der Waals surface area (Å²) in [6.45, 7) is 2.16. The van der Waals surface area contributed by atoms with E-state index in [0.717, 1.165) is 12.8 Å². The monoisotopic (exact) mass is 277 g/mol. The average Bonchev–Trinajstić information content (AvgIpc) is 2.53. The summed E-state index contributed by atoms with van der Waals surface area (Å²) in [6, 6.07) is 19.0. The van der Waals surface area contributed by atoms with E-state index in [9.17, 15) is 0 Å². The Kier molecular flexibility index (Phi) is 5.99. The van der Waals surface area contributed by atoms with E-state index in [1.165, 1.54) is 16.7 Å². The van der Waals surface area contributed by atoms with Crippen LogP contribution in [0.4, 0.5) is 0 Å². The van der Waals surface area contributed by atoms with Gasteiger partial charge in [0, 0.05) is 6.04 Å². The lowest BCUT2D eigenvalue weighted by Crippen LogP contribution is -2.09. The van der Waals surface area contributed by atoms with Crippen LogP contribution in [0.2, 0.25) is 0 Å². The highest BCUT2D eigenvalue weighted by molar-refractivity contribution is 5.57. The molecule has 2 aromatic carbocycles. The first kappa shape index (κ1) is 15.3. The lowest BCUT2D eigenvalue weighted by atomic mass is 10.0. The van der Waals surface area contributed by atoms with Crippen molar-refractivity contribution in [3.8, 4) is 0 Å². The van der Waals surface area contributed by atoms with Gasteiger partial charge in [-0.25, -0.2) is 0 Å². The van der Waals surface area contributed by atoms with Crippen molar-refractivity contribution in [2.75, 3.05) is 0 Å². The van der Waals surface area contributed by atoms with Crippen LogP contribution in [0.3, 0.4) is 0 Å². The largest absolute Gasteiger partial charge is 0.324 e. The second-order valence-electron chi connectivity index (χ2n) is 5.19. The number of rotatable bonds is 6. The van der Waals surface area contributed by atoms with E-state index in [1.807, 2.05) is 18.2 Å². The summed E-state index contributed by atoms with van der Waals surface area (Å²) in [5.74, 6) is 0. The molecule has 0 aliphatic heterocycles. The predicted molar refractivity (Wildman–Crippen MR) is 92.8 cm³/mol. The van der Waals surface area contributed by atoms with E-state index in [-0.39, 0.29) is 6.04 Å². The van der Waals surface area contributed by atoms with Crippen LogP contribution in [-0.2, 0) is 0 Å². The summed E-state index contributed by atoms with van der Waals surface area (Å²) in [5.41, 5.74) is 9.73. The normalized spacial score (nSPS) is 13.0. The second kappa shape index (κ2) is 8.23. The van der Waals surface area contributed by atoms with Gasteiger partial charge in [-0.15, -0.1) is 0 Å². The number of hydrogen-bond acceptors (Lipinski definition) is 1. The topological polar surface area (TPSA) is 26.0 Å². The van der Waals surface area contributed by atoms with Gasteiger partial charge in [0.25, 0.3) is 0 Å². The Morgan fingerprint density at radius 1 is 0.857 bits per heavy atom. The van der Waals surface area contributed by atoms with Crippen LogP contribution in [0.5, 0.6) is 0 Å². The molecule has 0 saturated carbocycles. The second-order valence-corrected chi connectivity index (χ2v) is 5.19. The van der Waals surface area contributed by atoms with Crippen molar-refractivity contribution >= 4 is 12.2 Å². The van der Waals surface area contributed by atoms with Gasteiger partial charge in [-0.05, 0) is 23.1 Å². The average molecular weight is 277 g/mol. The molecule has 108 valence electrons. The first-order valence-corrected chi connectivity index (χ1v) is 7.55. The molecule has 2 rings (SSSR count). The Bertz CT molecular complexity index is 579.